The zero-order chi connectivity index (χ0) is 16.2. The first kappa shape index (κ1) is 18.0. The van der Waals surface area contributed by atoms with Gasteiger partial charge in [-0.3, -0.25) is 9.69 Å². The molecule has 3 nitrogen and oxygen atoms in total. The first-order chi connectivity index (χ1) is 10.9. The number of halogens is 2. The van der Waals surface area contributed by atoms with Gasteiger partial charge in [-0.05, 0) is 75.3 Å². The lowest BCUT2D eigenvalue weighted by atomic mass is 9.72. The number of carbonyl (C=O) groups is 1. The summed E-state index contributed by atoms with van der Waals surface area (Å²) >= 11 is 7.58. The summed E-state index contributed by atoms with van der Waals surface area (Å²) < 4.78 is 1.10. The molecule has 3 aliphatic rings. The smallest absolute Gasteiger partial charge is 0.261 e. The van der Waals surface area contributed by atoms with E-state index in [1.807, 2.05) is 24.3 Å². The zero-order valence-corrected chi connectivity index (χ0v) is 16.2. The number of hydrogen-bond donors (Lipinski definition) is 1. The topological polar surface area (TPSA) is 32.3 Å². The van der Waals surface area contributed by atoms with Crippen molar-refractivity contribution in [1.82, 2.24) is 10.2 Å². The minimum Gasteiger partial charge on any atom is -0.346 e. The molecular weight excluding hydrogens is 363 g/mol. The third-order valence-corrected chi connectivity index (χ3v) is 6.93. The second kappa shape index (κ2) is 6.49. The fourth-order valence-corrected chi connectivity index (χ4v) is 5.34. The highest BCUT2D eigenvalue weighted by Crippen LogP contribution is 2.39. The fraction of sp³-hybridized carbons (Fsp3) is 0.500. The van der Waals surface area contributed by atoms with Crippen molar-refractivity contribution in [3.8, 4) is 0 Å². The van der Waals surface area contributed by atoms with Crippen LogP contribution in [0.2, 0.25) is 5.02 Å². The molecule has 3 saturated heterocycles. The maximum atomic E-state index is 12.8. The molecule has 2 aromatic rings. The highest BCUT2D eigenvalue weighted by Gasteiger charge is 2.48. The third kappa shape index (κ3) is 2.94. The van der Waals surface area contributed by atoms with Crippen LogP contribution in [0, 0.1) is 5.92 Å². The fourth-order valence-electron chi connectivity index (χ4n) is 4.22. The predicted molar refractivity (Wildman–Crippen MR) is 104 cm³/mol. The molecule has 5 rings (SSSR count). The Morgan fingerprint density at radius 3 is 2.67 bits per heavy atom. The van der Waals surface area contributed by atoms with Gasteiger partial charge in [0, 0.05) is 21.3 Å². The van der Waals surface area contributed by atoms with Gasteiger partial charge in [0.15, 0.2) is 0 Å². The number of nitrogens with zero attached hydrogens (tertiary/aromatic N) is 1. The van der Waals surface area contributed by atoms with Crippen molar-refractivity contribution >= 4 is 51.3 Å². The largest absolute Gasteiger partial charge is 0.346 e. The lowest BCUT2D eigenvalue weighted by Crippen LogP contribution is -2.69. The standard InChI is InChI=1S/C18H21ClN2OS.ClH/c1-18(2)16(11-5-7-21(18)8-6-11)20-17(22)15-10-12-9-13(19)3-4-14(12)23-15;/h3-4,9-11,16H,5-8H2,1-2H3,(H,20,22);1H/t16-;/m0./s1. The Balaban J connectivity index is 0.00000169. The molecule has 2 bridgehead atoms. The van der Waals surface area contributed by atoms with Crippen LogP contribution in [0.25, 0.3) is 10.1 Å². The Morgan fingerprint density at radius 2 is 2.00 bits per heavy atom. The summed E-state index contributed by atoms with van der Waals surface area (Å²) in [7, 11) is 0. The molecular formula is C18H22Cl2N2OS. The zero-order valence-electron chi connectivity index (χ0n) is 13.8. The van der Waals surface area contributed by atoms with E-state index in [9.17, 15) is 4.79 Å². The number of hydrogen-bond acceptors (Lipinski definition) is 3. The number of amides is 1. The second-order valence-electron chi connectivity index (χ2n) is 7.22. The van der Waals surface area contributed by atoms with Crippen molar-refractivity contribution in [3.63, 3.8) is 0 Å². The quantitative estimate of drug-likeness (QED) is 0.821. The Morgan fingerprint density at radius 1 is 1.29 bits per heavy atom. The molecule has 24 heavy (non-hydrogen) atoms. The van der Waals surface area contributed by atoms with Gasteiger partial charge in [-0.1, -0.05) is 11.6 Å². The maximum Gasteiger partial charge on any atom is 0.261 e. The molecule has 1 N–H and O–H groups in total. The molecule has 0 aliphatic carbocycles. The molecule has 130 valence electrons. The van der Waals surface area contributed by atoms with E-state index >= 15 is 0 Å². The lowest BCUT2D eigenvalue weighted by Gasteiger charge is -2.56. The van der Waals surface area contributed by atoms with Crippen molar-refractivity contribution in [1.29, 1.82) is 0 Å². The molecule has 0 saturated carbocycles. The van der Waals surface area contributed by atoms with Gasteiger partial charge in [-0.15, -0.1) is 23.7 Å². The van der Waals surface area contributed by atoms with Crippen molar-refractivity contribution in [2.24, 2.45) is 5.92 Å². The lowest BCUT2D eigenvalue weighted by molar-refractivity contribution is -0.0377. The van der Waals surface area contributed by atoms with Crippen molar-refractivity contribution in [2.45, 2.75) is 38.3 Å². The highest BCUT2D eigenvalue weighted by molar-refractivity contribution is 7.20. The van der Waals surface area contributed by atoms with E-state index in [2.05, 4.69) is 24.1 Å². The van der Waals surface area contributed by atoms with E-state index in [1.165, 1.54) is 24.2 Å². The number of carbonyl (C=O) groups excluding carboxylic acids is 1. The highest BCUT2D eigenvalue weighted by atomic mass is 35.5. The summed E-state index contributed by atoms with van der Waals surface area (Å²) in [5, 5.41) is 5.08. The van der Waals surface area contributed by atoms with E-state index in [1.54, 1.807) is 0 Å². The molecule has 0 radical (unpaired) electrons. The van der Waals surface area contributed by atoms with Gasteiger partial charge in [0.2, 0.25) is 0 Å². The molecule has 0 unspecified atom stereocenters. The van der Waals surface area contributed by atoms with Crippen molar-refractivity contribution < 1.29 is 4.79 Å². The van der Waals surface area contributed by atoms with E-state index in [-0.39, 0.29) is 29.9 Å². The van der Waals surface area contributed by atoms with Crippen LogP contribution >= 0.6 is 35.3 Å². The van der Waals surface area contributed by atoms with Gasteiger partial charge in [0.1, 0.15) is 0 Å². The Hall–Kier alpha value is -0.810. The third-order valence-electron chi connectivity index (χ3n) is 5.58. The number of nitrogens with one attached hydrogen (secondary N) is 1. The van der Waals surface area contributed by atoms with Crippen LogP contribution in [-0.2, 0) is 0 Å². The summed E-state index contributed by atoms with van der Waals surface area (Å²) in [4.78, 5) is 16.1. The predicted octanol–water partition coefficient (Wildman–Crippen LogP) is 4.58. The van der Waals surface area contributed by atoms with Crippen LogP contribution in [0.5, 0.6) is 0 Å². The van der Waals surface area contributed by atoms with Crippen LogP contribution in [0.15, 0.2) is 24.3 Å². The van der Waals surface area contributed by atoms with E-state index < -0.39 is 0 Å². The number of thiophene rings is 1. The molecule has 1 amide bonds. The molecule has 1 atom stereocenters. The van der Waals surface area contributed by atoms with Crippen LogP contribution in [-0.4, -0.2) is 35.5 Å². The van der Waals surface area contributed by atoms with Crippen LogP contribution < -0.4 is 5.32 Å². The first-order valence-corrected chi connectivity index (χ1v) is 9.39. The van der Waals surface area contributed by atoms with Crippen molar-refractivity contribution in [3.05, 3.63) is 34.2 Å². The molecule has 1 aromatic carbocycles. The van der Waals surface area contributed by atoms with E-state index in [4.69, 9.17) is 11.6 Å². The molecule has 4 heterocycles. The summed E-state index contributed by atoms with van der Waals surface area (Å²) in [6.07, 6.45) is 2.38. The molecule has 3 aliphatic heterocycles. The molecule has 3 fully saturated rings. The minimum atomic E-state index is 0. The Bertz CT molecular complexity index is 765. The normalized spacial score (nSPS) is 27.7. The van der Waals surface area contributed by atoms with Gasteiger partial charge in [-0.2, -0.15) is 0 Å². The number of piperidine rings is 3. The van der Waals surface area contributed by atoms with Gasteiger partial charge >= 0.3 is 0 Å². The number of rotatable bonds is 2. The number of fused-ring (bicyclic) bond motifs is 4. The molecule has 6 heteroatoms. The van der Waals surface area contributed by atoms with Crippen LogP contribution in [0.1, 0.15) is 36.4 Å². The summed E-state index contributed by atoms with van der Waals surface area (Å²) in [6, 6.07) is 7.96. The average Bonchev–Trinajstić information content (AvgIpc) is 2.94. The van der Waals surface area contributed by atoms with Gasteiger partial charge in [0.25, 0.3) is 5.91 Å². The second-order valence-corrected chi connectivity index (χ2v) is 8.74. The maximum absolute atomic E-state index is 12.8. The molecule has 1 aromatic heterocycles. The van der Waals surface area contributed by atoms with Gasteiger partial charge < -0.3 is 5.32 Å². The van der Waals surface area contributed by atoms with E-state index in [0.717, 1.165) is 28.1 Å². The summed E-state index contributed by atoms with van der Waals surface area (Å²) in [5.74, 6) is 0.650. The van der Waals surface area contributed by atoms with Gasteiger partial charge in [0.05, 0.1) is 4.88 Å². The monoisotopic (exact) mass is 384 g/mol. The Labute approximate surface area is 157 Å². The van der Waals surface area contributed by atoms with Gasteiger partial charge in [-0.25, -0.2) is 0 Å². The summed E-state index contributed by atoms with van der Waals surface area (Å²) in [5.41, 5.74) is 0.0385. The molecule has 0 spiro atoms. The SMILES string of the molecule is CC1(C)[C@@H](NC(=O)c2cc3cc(Cl)ccc3s2)C2CCN1CC2.Cl. The summed E-state index contributed by atoms with van der Waals surface area (Å²) in [6.45, 7) is 6.83. The Kier molecular flexibility index (Phi) is 4.86. The first-order valence-electron chi connectivity index (χ1n) is 8.20. The average molecular weight is 385 g/mol. The van der Waals surface area contributed by atoms with E-state index in [0.29, 0.717) is 10.9 Å². The van der Waals surface area contributed by atoms with Crippen LogP contribution in [0.4, 0.5) is 0 Å². The number of benzene rings is 1. The van der Waals surface area contributed by atoms with Crippen molar-refractivity contribution in [2.75, 3.05) is 13.1 Å². The van der Waals surface area contributed by atoms with Crippen LogP contribution in [0.3, 0.4) is 0 Å². The minimum absolute atomic E-state index is 0.